The molecule has 0 saturated carbocycles. The van der Waals surface area contributed by atoms with E-state index in [-0.39, 0.29) is 0 Å². The highest BCUT2D eigenvalue weighted by molar-refractivity contribution is 5.85. The number of hydrogen-bond acceptors (Lipinski definition) is 4. The van der Waals surface area contributed by atoms with Gasteiger partial charge >= 0.3 is 0 Å². The number of guanidine groups is 1. The Morgan fingerprint density at radius 2 is 2.04 bits per heavy atom. The number of piperidine rings is 1. The van der Waals surface area contributed by atoms with Crippen molar-refractivity contribution in [3.63, 3.8) is 0 Å². The number of nitrogens with zero attached hydrogens (tertiary/aromatic N) is 2. The van der Waals surface area contributed by atoms with Crippen molar-refractivity contribution >= 4 is 16.9 Å². The molecule has 3 heterocycles. The van der Waals surface area contributed by atoms with Crippen LogP contribution in [-0.2, 0) is 4.74 Å². The Bertz CT molecular complexity index is 743. The summed E-state index contributed by atoms with van der Waals surface area (Å²) in [5.41, 5.74) is 4.10. The summed E-state index contributed by atoms with van der Waals surface area (Å²) in [6.45, 7) is 5.88. The molecule has 2 aliphatic heterocycles. The van der Waals surface area contributed by atoms with Gasteiger partial charge in [0, 0.05) is 36.8 Å². The number of fused-ring (bicyclic) bond motifs is 1. The standard InChI is InChI=1S/C19H26N4O/c1-13-18(16-5-3-4-6-17(16)21-13)14-7-9-23(10-8-14)19-20-11-15(22-19)12-24-2/h3-6,14-15,21H,7-12H2,1-2H3,(H,20,22). The van der Waals surface area contributed by atoms with Crippen molar-refractivity contribution in [1.82, 2.24) is 15.2 Å². The zero-order chi connectivity index (χ0) is 16.5. The lowest BCUT2D eigenvalue weighted by Gasteiger charge is -2.34. The zero-order valence-corrected chi connectivity index (χ0v) is 14.5. The number of likely N-dealkylation sites (tertiary alicyclic amines) is 1. The van der Waals surface area contributed by atoms with Crippen LogP contribution >= 0.6 is 0 Å². The molecule has 4 rings (SSSR count). The van der Waals surface area contributed by atoms with E-state index < -0.39 is 0 Å². The van der Waals surface area contributed by atoms with Gasteiger partial charge in [-0.2, -0.15) is 0 Å². The van der Waals surface area contributed by atoms with Gasteiger partial charge in [0.25, 0.3) is 0 Å². The van der Waals surface area contributed by atoms with E-state index in [1.807, 2.05) is 0 Å². The Hall–Kier alpha value is -2.01. The van der Waals surface area contributed by atoms with Crippen LogP contribution in [0.2, 0.25) is 0 Å². The Labute approximate surface area is 143 Å². The fourth-order valence-electron chi connectivity index (χ4n) is 4.16. The summed E-state index contributed by atoms with van der Waals surface area (Å²) in [5, 5.41) is 4.89. The van der Waals surface area contributed by atoms with E-state index in [1.54, 1.807) is 7.11 Å². The highest BCUT2D eigenvalue weighted by Crippen LogP contribution is 2.35. The Morgan fingerprint density at radius 1 is 1.25 bits per heavy atom. The molecule has 2 aromatic rings. The van der Waals surface area contributed by atoms with Crippen LogP contribution in [0.15, 0.2) is 29.3 Å². The molecule has 1 aromatic carbocycles. The third kappa shape index (κ3) is 2.77. The maximum atomic E-state index is 5.22. The van der Waals surface area contributed by atoms with Crippen LogP contribution in [0.25, 0.3) is 10.9 Å². The number of ether oxygens (including phenoxy) is 1. The van der Waals surface area contributed by atoms with Crippen LogP contribution in [0.4, 0.5) is 0 Å². The quantitative estimate of drug-likeness (QED) is 0.912. The third-order valence-electron chi connectivity index (χ3n) is 5.31. The molecule has 0 spiro atoms. The highest BCUT2D eigenvalue weighted by Gasteiger charge is 2.28. The smallest absolute Gasteiger partial charge is 0.194 e. The van der Waals surface area contributed by atoms with E-state index in [9.17, 15) is 0 Å². The molecule has 2 aliphatic rings. The molecule has 0 amide bonds. The minimum absolute atomic E-state index is 0.332. The molecule has 1 saturated heterocycles. The van der Waals surface area contributed by atoms with Crippen LogP contribution in [-0.4, -0.2) is 55.2 Å². The number of aromatic nitrogens is 1. The second-order valence-electron chi connectivity index (χ2n) is 6.93. The number of aryl methyl sites for hydroxylation is 1. The first kappa shape index (κ1) is 15.5. The lowest BCUT2D eigenvalue weighted by atomic mass is 9.87. The number of methoxy groups -OCH3 is 1. The van der Waals surface area contributed by atoms with Crippen molar-refractivity contribution < 1.29 is 4.74 Å². The van der Waals surface area contributed by atoms with Crippen molar-refractivity contribution in [3.05, 3.63) is 35.5 Å². The number of para-hydroxylation sites is 1. The van der Waals surface area contributed by atoms with Crippen molar-refractivity contribution in [2.24, 2.45) is 4.99 Å². The lowest BCUT2D eigenvalue weighted by molar-refractivity contribution is 0.177. The number of rotatable bonds is 3. The summed E-state index contributed by atoms with van der Waals surface area (Å²) in [6.07, 6.45) is 2.36. The molecule has 5 nitrogen and oxygen atoms in total. The van der Waals surface area contributed by atoms with E-state index in [2.05, 4.69) is 51.4 Å². The number of aromatic amines is 1. The molecule has 24 heavy (non-hydrogen) atoms. The molecule has 1 atom stereocenters. The Morgan fingerprint density at radius 3 is 2.83 bits per heavy atom. The number of nitrogens with one attached hydrogen (secondary N) is 2. The van der Waals surface area contributed by atoms with Crippen molar-refractivity contribution in [1.29, 1.82) is 0 Å². The van der Waals surface area contributed by atoms with Gasteiger partial charge < -0.3 is 19.9 Å². The average Bonchev–Trinajstić information content (AvgIpc) is 3.19. The largest absolute Gasteiger partial charge is 0.382 e. The Kier molecular flexibility index (Phi) is 4.19. The minimum Gasteiger partial charge on any atom is -0.382 e. The van der Waals surface area contributed by atoms with Crippen LogP contribution in [0.5, 0.6) is 0 Å². The predicted octanol–water partition coefficient (Wildman–Crippen LogP) is 2.63. The fourth-order valence-corrected chi connectivity index (χ4v) is 4.16. The molecule has 0 bridgehead atoms. The maximum Gasteiger partial charge on any atom is 0.194 e. The molecule has 5 heteroatoms. The van der Waals surface area contributed by atoms with Gasteiger partial charge in [0.1, 0.15) is 0 Å². The Balaban J connectivity index is 1.44. The first-order valence-electron chi connectivity index (χ1n) is 8.88. The van der Waals surface area contributed by atoms with Crippen LogP contribution < -0.4 is 5.32 Å². The molecule has 128 valence electrons. The van der Waals surface area contributed by atoms with E-state index in [1.165, 1.54) is 35.0 Å². The van der Waals surface area contributed by atoms with Gasteiger partial charge in [0.2, 0.25) is 0 Å². The van der Waals surface area contributed by atoms with Gasteiger partial charge in [0.05, 0.1) is 19.2 Å². The topological polar surface area (TPSA) is 52.6 Å². The van der Waals surface area contributed by atoms with Gasteiger partial charge in [-0.05, 0) is 37.3 Å². The van der Waals surface area contributed by atoms with Crippen molar-refractivity contribution in [2.45, 2.75) is 31.7 Å². The predicted molar refractivity (Wildman–Crippen MR) is 97.7 cm³/mol. The molecule has 0 aliphatic carbocycles. The fraction of sp³-hybridized carbons (Fsp3) is 0.526. The monoisotopic (exact) mass is 326 g/mol. The van der Waals surface area contributed by atoms with Crippen molar-refractivity contribution in [2.75, 3.05) is 33.4 Å². The van der Waals surface area contributed by atoms with Gasteiger partial charge in [-0.3, -0.25) is 4.99 Å². The van der Waals surface area contributed by atoms with Crippen LogP contribution in [0, 0.1) is 6.92 Å². The first-order chi connectivity index (χ1) is 11.8. The molecule has 1 aromatic heterocycles. The van der Waals surface area contributed by atoms with E-state index in [4.69, 9.17) is 4.74 Å². The molecular formula is C19H26N4O. The van der Waals surface area contributed by atoms with Gasteiger partial charge in [-0.15, -0.1) is 0 Å². The number of hydrogen-bond donors (Lipinski definition) is 2. The highest BCUT2D eigenvalue weighted by atomic mass is 16.5. The van der Waals surface area contributed by atoms with Gasteiger partial charge in [0.15, 0.2) is 5.96 Å². The molecular weight excluding hydrogens is 300 g/mol. The third-order valence-corrected chi connectivity index (χ3v) is 5.31. The van der Waals surface area contributed by atoms with E-state index in [0.29, 0.717) is 12.0 Å². The normalized spacial score (nSPS) is 22.0. The SMILES string of the molecule is COCC1CN=C(N2CCC(c3c(C)[nH]c4ccccc34)CC2)N1. The molecule has 0 radical (unpaired) electrons. The summed E-state index contributed by atoms with van der Waals surface area (Å²) in [5.74, 6) is 1.69. The van der Waals surface area contributed by atoms with Gasteiger partial charge in [-0.1, -0.05) is 18.2 Å². The summed E-state index contributed by atoms with van der Waals surface area (Å²) in [4.78, 5) is 10.6. The average molecular weight is 326 g/mol. The lowest BCUT2D eigenvalue weighted by Crippen LogP contribution is -2.46. The van der Waals surface area contributed by atoms with Crippen molar-refractivity contribution in [3.8, 4) is 0 Å². The first-order valence-corrected chi connectivity index (χ1v) is 8.88. The molecule has 1 fully saturated rings. The van der Waals surface area contributed by atoms with Gasteiger partial charge in [-0.25, -0.2) is 0 Å². The second kappa shape index (κ2) is 6.48. The summed E-state index contributed by atoms with van der Waals surface area (Å²) in [6, 6.07) is 9.00. The number of benzene rings is 1. The van der Waals surface area contributed by atoms with E-state index in [0.717, 1.165) is 32.2 Å². The summed E-state index contributed by atoms with van der Waals surface area (Å²) < 4.78 is 5.22. The van der Waals surface area contributed by atoms with E-state index >= 15 is 0 Å². The number of aliphatic imine (C=N–C) groups is 1. The van der Waals surface area contributed by atoms with Crippen LogP contribution in [0.1, 0.15) is 30.0 Å². The molecule has 2 N–H and O–H groups in total. The maximum absolute atomic E-state index is 5.22. The summed E-state index contributed by atoms with van der Waals surface area (Å²) >= 11 is 0. The second-order valence-corrected chi connectivity index (χ2v) is 6.93. The summed E-state index contributed by atoms with van der Waals surface area (Å²) in [7, 11) is 1.74. The zero-order valence-electron chi connectivity index (χ0n) is 14.5. The number of H-pyrrole nitrogens is 1. The minimum atomic E-state index is 0.332. The van der Waals surface area contributed by atoms with Crippen LogP contribution in [0.3, 0.4) is 0 Å². The molecule has 1 unspecified atom stereocenters.